The van der Waals surface area contributed by atoms with Crippen molar-refractivity contribution in [2.24, 2.45) is 11.8 Å². The Labute approximate surface area is 207 Å². The number of carboxylic acids is 1. The summed E-state index contributed by atoms with van der Waals surface area (Å²) in [5.74, 6) is -1.72. The normalized spacial score (nSPS) is 15.0. The Bertz CT molecular complexity index is 1020. The summed E-state index contributed by atoms with van der Waals surface area (Å²) in [5, 5.41) is 12.0. The summed E-state index contributed by atoms with van der Waals surface area (Å²) in [6.45, 7) is 9.80. The number of fused-ring (bicyclic) bond motifs is 3. The number of rotatable bonds is 10. The smallest absolute Gasteiger partial charge is 0.407 e. The molecule has 0 bridgehead atoms. The molecule has 0 saturated heterocycles. The molecular formula is C28H36N2O5. The van der Waals surface area contributed by atoms with Gasteiger partial charge in [0.2, 0.25) is 5.91 Å². The number of carboxylic acid groups (broad SMARTS) is 1. The zero-order chi connectivity index (χ0) is 25.7. The van der Waals surface area contributed by atoms with E-state index in [2.05, 4.69) is 29.6 Å². The first-order valence-corrected chi connectivity index (χ1v) is 12.3. The molecule has 1 aliphatic rings. The van der Waals surface area contributed by atoms with Crippen LogP contribution in [0.2, 0.25) is 0 Å². The summed E-state index contributed by atoms with van der Waals surface area (Å²) in [5.41, 5.74) is 4.59. The molecule has 0 aliphatic heterocycles. The molecule has 2 N–H and O–H groups in total. The molecule has 0 aromatic heterocycles. The summed E-state index contributed by atoms with van der Waals surface area (Å²) in [4.78, 5) is 38.8. The van der Waals surface area contributed by atoms with E-state index in [1.807, 2.05) is 45.0 Å². The van der Waals surface area contributed by atoms with Gasteiger partial charge in [-0.1, -0.05) is 62.4 Å². The van der Waals surface area contributed by atoms with Crippen LogP contribution < -0.4 is 5.32 Å². The minimum Gasteiger partial charge on any atom is -0.481 e. The maximum absolute atomic E-state index is 13.3. The summed E-state index contributed by atoms with van der Waals surface area (Å²) < 4.78 is 5.65. The summed E-state index contributed by atoms with van der Waals surface area (Å²) in [6.07, 6.45) is -0.696. The van der Waals surface area contributed by atoms with Gasteiger partial charge in [-0.2, -0.15) is 0 Å². The van der Waals surface area contributed by atoms with Crippen LogP contribution in [-0.2, 0) is 14.3 Å². The monoisotopic (exact) mass is 480 g/mol. The number of carbonyl (C=O) groups is 3. The highest BCUT2D eigenvalue weighted by molar-refractivity contribution is 5.82. The molecule has 188 valence electrons. The summed E-state index contributed by atoms with van der Waals surface area (Å²) in [7, 11) is 0. The van der Waals surface area contributed by atoms with E-state index in [9.17, 15) is 14.4 Å². The van der Waals surface area contributed by atoms with E-state index in [1.165, 1.54) is 0 Å². The predicted molar refractivity (Wildman–Crippen MR) is 135 cm³/mol. The number of nitrogens with one attached hydrogen (secondary N) is 1. The van der Waals surface area contributed by atoms with Gasteiger partial charge in [0, 0.05) is 24.5 Å². The fraction of sp³-hybridized carbons (Fsp3) is 0.464. The molecule has 2 amide bonds. The first kappa shape index (κ1) is 26.3. The van der Waals surface area contributed by atoms with Crippen molar-refractivity contribution in [2.75, 3.05) is 13.2 Å². The Kier molecular flexibility index (Phi) is 8.54. The highest BCUT2D eigenvalue weighted by atomic mass is 16.5. The minimum absolute atomic E-state index is 0.0431. The SMILES string of the molecule is CCN(C(=O)C(C(C)C)C(C)NC(=O)OCC1c2ccccc2-c2ccccc21)C(C)CC(=O)O. The zero-order valence-electron chi connectivity index (χ0n) is 21.2. The van der Waals surface area contributed by atoms with E-state index in [1.54, 1.807) is 18.7 Å². The topological polar surface area (TPSA) is 95.9 Å². The van der Waals surface area contributed by atoms with Gasteiger partial charge in [0.05, 0.1) is 12.3 Å². The molecule has 2 aromatic rings. The molecule has 35 heavy (non-hydrogen) atoms. The molecule has 0 heterocycles. The van der Waals surface area contributed by atoms with Gasteiger partial charge in [0.15, 0.2) is 0 Å². The molecule has 3 rings (SSSR count). The van der Waals surface area contributed by atoms with Crippen LogP contribution in [0.1, 0.15) is 58.1 Å². The fourth-order valence-corrected chi connectivity index (χ4v) is 5.23. The van der Waals surface area contributed by atoms with Crippen molar-refractivity contribution >= 4 is 18.0 Å². The van der Waals surface area contributed by atoms with Crippen molar-refractivity contribution in [1.29, 1.82) is 0 Å². The van der Waals surface area contributed by atoms with E-state index in [0.29, 0.717) is 6.54 Å². The molecule has 0 spiro atoms. The van der Waals surface area contributed by atoms with Crippen LogP contribution in [0.25, 0.3) is 11.1 Å². The predicted octanol–water partition coefficient (Wildman–Crippen LogP) is 4.90. The minimum atomic E-state index is -0.949. The maximum Gasteiger partial charge on any atom is 0.407 e. The van der Waals surface area contributed by atoms with E-state index in [0.717, 1.165) is 22.3 Å². The molecule has 3 atom stereocenters. The van der Waals surface area contributed by atoms with Crippen molar-refractivity contribution in [3.63, 3.8) is 0 Å². The standard InChI is InChI=1S/C28H36N2O5/c1-6-30(18(4)15-25(31)32)27(33)26(17(2)3)19(5)29-28(34)35-16-24-22-13-9-7-11-20(22)21-12-8-10-14-23(21)24/h7-14,17-19,24,26H,6,15-16H2,1-5H3,(H,29,34)(H,31,32). The van der Waals surface area contributed by atoms with E-state index < -0.39 is 30.1 Å². The van der Waals surface area contributed by atoms with E-state index >= 15 is 0 Å². The number of carbonyl (C=O) groups excluding carboxylic acids is 2. The van der Waals surface area contributed by atoms with Crippen LogP contribution in [0.15, 0.2) is 48.5 Å². The van der Waals surface area contributed by atoms with Crippen LogP contribution in [0, 0.1) is 11.8 Å². The lowest BCUT2D eigenvalue weighted by Gasteiger charge is -2.35. The molecule has 1 aliphatic carbocycles. The Balaban J connectivity index is 1.67. The first-order chi connectivity index (χ1) is 16.6. The molecule has 7 nitrogen and oxygen atoms in total. The van der Waals surface area contributed by atoms with E-state index in [-0.39, 0.29) is 30.8 Å². The summed E-state index contributed by atoms with van der Waals surface area (Å²) in [6, 6.07) is 15.4. The largest absolute Gasteiger partial charge is 0.481 e. The third kappa shape index (κ3) is 5.84. The number of aliphatic carboxylic acids is 1. The average Bonchev–Trinajstić information content (AvgIpc) is 3.11. The highest BCUT2D eigenvalue weighted by Crippen LogP contribution is 2.44. The molecule has 7 heteroatoms. The van der Waals surface area contributed by atoms with Crippen LogP contribution >= 0.6 is 0 Å². The number of benzene rings is 2. The number of hydrogen-bond acceptors (Lipinski definition) is 4. The number of alkyl carbamates (subject to hydrolysis) is 1. The zero-order valence-corrected chi connectivity index (χ0v) is 21.2. The van der Waals surface area contributed by atoms with Gasteiger partial charge in [0.1, 0.15) is 6.61 Å². The second kappa shape index (κ2) is 11.4. The van der Waals surface area contributed by atoms with Crippen molar-refractivity contribution in [2.45, 2.75) is 59.0 Å². The third-order valence-electron chi connectivity index (χ3n) is 6.86. The van der Waals surface area contributed by atoms with Gasteiger partial charge in [-0.25, -0.2) is 4.79 Å². The van der Waals surface area contributed by atoms with Crippen molar-refractivity contribution < 1.29 is 24.2 Å². The highest BCUT2D eigenvalue weighted by Gasteiger charge is 2.35. The van der Waals surface area contributed by atoms with Crippen molar-refractivity contribution in [3.8, 4) is 11.1 Å². The lowest BCUT2D eigenvalue weighted by Crippen LogP contribution is -2.51. The molecule has 0 fully saturated rings. The lowest BCUT2D eigenvalue weighted by molar-refractivity contribution is -0.143. The molecule has 3 unspecified atom stereocenters. The second-order valence-corrected chi connectivity index (χ2v) is 9.60. The third-order valence-corrected chi connectivity index (χ3v) is 6.86. The van der Waals surface area contributed by atoms with Gasteiger partial charge in [-0.3, -0.25) is 9.59 Å². The average molecular weight is 481 g/mol. The first-order valence-electron chi connectivity index (χ1n) is 12.3. The van der Waals surface area contributed by atoms with Gasteiger partial charge in [-0.15, -0.1) is 0 Å². The molecule has 2 aromatic carbocycles. The van der Waals surface area contributed by atoms with Crippen LogP contribution in [0.4, 0.5) is 4.79 Å². The van der Waals surface area contributed by atoms with Crippen LogP contribution in [0.3, 0.4) is 0 Å². The van der Waals surface area contributed by atoms with Gasteiger partial charge in [-0.05, 0) is 48.9 Å². The number of hydrogen-bond donors (Lipinski definition) is 2. The quantitative estimate of drug-likeness (QED) is 0.504. The van der Waals surface area contributed by atoms with E-state index in [4.69, 9.17) is 9.84 Å². The fourth-order valence-electron chi connectivity index (χ4n) is 5.23. The number of amides is 2. The molecule has 0 saturated carbocycles. The van der Waals surface area contributed by atoms with Crippen LogP contribution in [0.5, 0.6) is 0 Å². The van der Waals surface area contributed by atoms with Gasteiger partial charge >= 0.3 is 12.1 Å². The van der Waals surface area contributed by atoms with Crippen molar-refractivity contribution in [3.05, 3.63) is 59.7 Å². The second-order valence-electron chi connectivity index (χ2n) is 9.60. The van der Waals surface area contributed by atoms with Gasteiger partial charge in [0.25, 0.3) is 0 Å². The number of ether oxygens (including phenoxy) is 1. The lowest BCUT2D eigenvalue weighted by atomic mass is 9.87. The Morgan fingerprint density at radius 1 is 0.971 bits per heavy atom. The Morgan fingerprint density at radius 2 is 1.51 bits per heavy atom. The molecule has 0 radical (unpaired) electrons. The van der Waals surface area contributed by atoms with Gasteiger partial charge < -0.3 is 20.1 Å². The van der Waals surface area contributed by atoms with Crippen LogP contribution in [-0.4, -0.2) is 53.2 Å². The maximum atomic E-state index is 13.3. The molecular weight excluding hydrogens is 444 g/mol. The Morgan fingerprint density at radius 3 is 2.00 bits per heavy atom. The summed E-state index contributed by atoms with van der Waals surface area (Å²) >= 11 is 0. The number of nitrogens with zero attached hydrogens (tertiary/aromatic N) is 1. The van der Waals surface area contributed by atoms with Crippen molar-refractivity contribution in [1.82, 2.24) is 10.2 Å². The Hall–Kier alpha value is -3.35.